The molecule has 0 aliphatic heterocycles. The number of anilines is 1. The molecule has 0 fully saturated rings. The fourth-order valence-electron chi connectivity index (χ4n) is 2.77. The number of rotatable bonds is 11. The van der Waals surface area contributed by atoms with E-state index < -0.39 is 11.9 Å². The van der Waals surface area contributed by atoms with Crippen molar-refractivity contribution in [3.8, 4) is 17.6 Å². The molecule has 158 valence electrons. The lowest BCUT2D eigenvalue weighted by Crippen LogP contribution is -2.36. The maximum absolute atomic E-state index is 12.8. The summed E-state index contributed by atoms with van der Waals surface area (Å²) >= 11 is 0. The Morgan fingerprint density at radius 3 is 2.60 bits per heavy atom. The number of aliphatic hydroxyl groups is 1. The topological polar surface area (TPSA) is 133 Å². The molecule has 2 aromatic rings. The van der Waals surface area contributed by atoms with Gasteiger partial charge in [0, 0.05) is 18.8 Å². The van der Waals surface area contributed by atoms with Gasteiger partial charge in [0.1, 0.15) is 0 Å². The zero-order valence-corrected chi connectivity index (χ0v) is 16.8. The fraction of sp³-hybridized carbons (Fsp3) is 0.286. The van der Waals surface area contributed by atoms with Crippen molar-refractivity contribution in [2.24, 2.45) is 0 Å². The number of carbonyl (C=O) groups is 2. The van der Waals surface area contributed by atoms with Crippen molar-refractivity contribution in [1.82, 2.24) is 10.6 Å². The van der Waals surface area contributed by atoms with Crippen LogP contribution in [0.25, 0.3) is 0 Å². The van der Waals surface area contributed by atoms with Gasteiger partial charge in [0.05, 0.1) is 44.1 Å². The molecule has 0 radical (unpaired) electrons. The number of carbonyl (C=O) groups excluding carboxylic acids is 2. The molecule has 0 heterocycles. The number of hydrogen-bond acceptors (Lipinski definition) is 7. The summed E-state index contributed by atoms with van der Waals surface area (Å²) in [6, 6.07) is 11.4. The van der Waals surface area contributed by atoms with Crippen molar-refractivity contribution >= 4 is 18.0 Å². The second kappa shape index (κ2) is 11.3. The van der Waals surface area contributed by atoms with Crippen LogP contribution in [-0.4, -0.2) is 50.8 Å². The quantitative estimate of drug-likeness (QED) is 0.405. The van der Waals surface area contributed by atoms with E-state index in [1.807, 2.05) is 6.07 Å². The Morgan fingerprint density at radius 1 is 1.20 bits per heavy atom. The van der Waals surface area contributed by atoms with E-state index in [0.29, 0.717) is 29.2 Å². The van der Waals surface area contributed by atoms with E-state index in [4.69, 9.17) is 9.47 Å². The first-order chi connectivity index (χ1) is 14.6. The normalized spacial score (nSPS) is 11.0. The Morgan fingerprint density at radius 2 is 1.97 bits per heavy atom. The Bertz CT molecular complexity index is 926. The van der Waals surface area contributed by atoms with Crippen LogP contribution in [0.15, 0.2) is 36.4 Å². The molecule has 0 aromatic heterocycles. The van der Waals surface area contributed by atoms with E-state index in [1.165, 1.54) is 13.2 Å². The third-order valence-corrected chi connectivity index (χ3v) is 4.32. The second-order valence-electron chi connectivity index (χ2n) is 6.29. The standard InChI is InChI=1S/C21H24N4O5/c1-29-19-6-4-15(8-20(19)30-2)10-24-21(28)17-7-14(9-22)3-5-18(17)25-16(12-26)11-23-13-27/h3-8,13,16,25-26H,10-12H2,1-2H3,(H,23,27)(H,24,28)/t16-/m0/s1. The minimum absolute atomic E-state index is 0.173. The monoisotopic (exact) mass is 412 g/mol. The van der Waals surface area contributed by atoms with E-state index in [-0.39, 0.29) is 25.3 Å². The van der Waals surface area contributed by atoms with Crippen molar-refractivity contribution in [3.05, 3.63) is 53.1 Å². The van der Waals surface area contributed by atoms with Crippen molar-refractivity contribution in [1.29, 1.82) is 5.26 Å². The zero-order valence-electron chi connectivity index (χ0n) is 16.8. The summed E-state index contributed by atoms with van der Waals surface area (Å²) < 4.78 is 10.5. The first-order valence-electron chi connectivity index (χ1n) is 9.13. The zero-order chi connectivity index (χ0) is 21.9. The van der Waals surface area contributed by atoms with Crippen LogP contribution in [-0.2, 0) is 11.3 Å². The van der Waals surface area contributed by atoms with Crippen LogP contribution in [0, 0.1) is 11.3 Å². The highest BCUT2D eigenvalue weighted by Gasteiger charge is 2.16. The number of benzene rings is 2. The lowest BCUT2D eigenvalue weighted by atomic mass is 10.1. The summed E-state index contributed by atoms with van der Waals surface area (Å²) in [6.45, 7) is 0.145. The molecule has 0 bridgehead atoms. The predicted octanol–water partition coefficient (Wildman–Crippen LogP) is 1.02. The molecule has 0 saturated carbocycles. The van der Waals surface area contributed by atoms with Gasteiger partial charge in [0.25, 0.3) is 5.91 Å². The summed E-state index contributed by atoms with van der Waals surface area (Å²) in [7, 11) is 3.07. The van der Waals surface area contributed by atoms with Crippen LogP contribution >= 0.6 is 0 Å². The Kier molecular flexibility index (Phi) is 8.47. The highest BCUT2D eigenvalue weighted by molar-refractivity contribution is 6.00. The van der Waals surface area contributed by atoms with Crippen LogP contribution in [0.4, 0.5) is 5.69 Å². The van der Waals surface area contributed by atoms with E-state index in [9.17, 15) is 20.0 Å². The molecule has 2 amide bonds. The number of methoxy groups -OCH3 is 2. The average Bonchev–Trinajstić information content (AvgIpc) is 2.79. The first-order valence-corrected chi connectivity index (χ1v) is 9.13. The van der Waals surface area contributed by atoms with E-state index in [0.717, 1.165) is 5.56 Å². The lowest BCUT2D eigenvalue weighted by Gasteiger charge is -2.19. The number of ether oxygens (including phenoxy) is 2. The molecule has 4 N–H and O–H groups in total. The van der Waals surface area contributed by atoms with Gasteiger partial charge in [-0.1, -0.05) is 6.07 Å². The summed E-state index contributed by atoms with van der Waals surface area (Å²) in [5.74, 6) is 0.732. The molecular weight excluding hydrogens is 388 g/mol. The Balaban J connectivity index is 2.19. The predicted molar refractivity (Wildman–Crippen MR) is 110 cm³/mol. The maximum atomic E-state index is 12.8. The van der Waals surface area contributed by atoms with Gasteiger partial charge < -0.3 is 30.5 Å². The van der Waals surface area contributed by atoms with Crippen molar-refractivity contribution in [3.63, 3.8) is 0 Å². The van der Waals surface area contributed by atoms with Gasteiger partial charge >= 0.3 is 0 Å². The number of nitriles is 1. The Labute approximate surface area is 174 Å². The molecule has 0 saturated heterocycles. The number of aliphatic hydroxyl groups excluding tert-OH is 1. The van der Waals surface area contributed by atoms with Crippen LogP contribution < -0.4 is 25.4 Å². The number of nitrogens with one attached hydrogen (secondary N) is 3. The van der Waals surface area contributed by atoms with Crippen LogP contribution in [0.5, 0.6) is 11.5 Å². The molecule has 2 rings (SSSR count). The van der Waals surface area contributed by atoms with Gasteiger partial charge in [-0.3, -0.25) is 9.59 Å². The number of amides is 2. The fourth-order valence-corrected chi connectivity index (χ4v) is 2.77. The van der Waals surface area contributed by atoms with Crippen molar-refractivity contribution in [2.75, 3.05) is 32.7 Å². The van der Waals surface area contributed by atoms with Gasteiger partial charge in [-0.05, 0) is 35.9 Å². The van der Waals surface area contributed by atoms with Gasteiger partial charge in [-0.2, -0.15) is 5.26 Å². The van der Waals surface area contributed by atoms with Crippen LogP contribution in [0.2, 0.25) is 0 Å². The maximum Gasteiger partial charge on any atom is 0.253 e. The highest BCUT2D eigenvalue weighted by Crippen LogP contribution is 2.27. The third kappa shape index (κ3) is 5.86. The average molecular weight is 412 g/mol. The van der Waals surface area contributed by atoms with Gasteiger partial charge in [-0.25, -0.2) is 0 Å². The summed E-state index contributed by atoms with van der Waals surface area (Å²) in [5, 5.41) is 27.0. The summed E-state index contributed by atoms with van der Waals surface area (Å²) in [6.07, 6.45) is 0.528. The summed E-state index contributed by atoms with van der Waals surface area (Å²) in [5.41, 5.74) is 1.81. The van der Waals surface area contributed by atoms with Gasteiger partial charge in [-0.15, -0.1) is 0 Å². The molecule has 0 aliphatic carbocycles. The molecule has 2 aromatic carbocycles. The summed E-state index contributed by atoms with van der Waals surface area (Å²) in [4.78, 5) is 23.3. The molecular formula is C21H24N4O5. The Hall–Kier alpha value is -3.77. The molecule has 0 spiro atoms. The van der Waals surface area contributed by atoms with E-state index >= 15 is 0 Å². The van der Waals surface area contributed by atoms with E-state index in [1.54, 1.807) is 37.4 Å². The van der Waals surface area contributed by atoms with Gasteiger partial charge in [0.15, 0.2) is 11.5 Å². The first kappa shape index (κ1) is 22.5. The third-order valence-electron chi connectivity index (χ3n) is 4.32. The number of hydrogen-bond donors (Lipinski definition) is 4. The van der Waals surface area contributed by atoms with Crippen molar-refractivity contribution < 1.29 is 24.2 Å². The molecule has 0 unspecified atom stereocenters. The van der Waals surface area contributed by atoms with Crippen LogP contribution in [0.1, 0.15) is 21.5 Å². The van der Waals surface area contributed by atoms with E-state index in [2.05, 4.69) is 16.0 Å². The highest BCUT2D eigenvalue weighted by atomic mass is 16.5. The minimum Gasteiger partial charge on any atom is -0.493 e. The molecule has 1 atom stereocenters. The molecule has 30 heavy (non-hydrogen) atoms. The second-order valence-corrected chi connectivity index (χ2v) is 6.29. The lowest BCUT2D eigenvalue weighted by molar-refractivity contribution is -0.109. The largest absolute Gasteiger partial charge is 0.493 e. The minimum atomic E-state index is -0.500. The molecule has 0 aliphatic rings. The smallest absolute Gasteiger partial charge is 0.253 e. The molecule has 9 nitrogen and oxygen atoms in total. The van der Waals surface area contributed by atoms with Crippen molar-refractivity contribution in [2.45, 2.75) is 12.6 Å². The van der Waals surface area contributed by atoms with Gasteiger partial charge in [0.2, 0.25) is 6.41 Å². The van der Waals surface area contributed by atoms with Crippen LogP contribution in [0.3, 0.4) is 0 Å². The SMILES string of the molecule is COc1ccc(CNC(=O)c2cc(C#N)ccc2N[C@H](CO)CNC=O)cc1OC. The molecule has 9 heteroatoms. The number of nitrogens with zero attached hydrogens (tertiary/aromatic N) is 1.